The van der Waals surface area contributed by atoms with Crippen molar-refractivity contribution < 1.29 is 9.59 Å². The van der Waals surface area contributed by atoms with Gasteiger partial charge in [0.05, 0.1) is 0 Å². The lowest BCUT2D eigenvalue weighted by Gasteiger charge is -2.34. The molecule has 1 aromatic rings. The molecule has 0 saturated carbocycles. The molecule has 0 bridgehead atoms. The van der Waals surface area contributed by atoms with E-state index in [9.17, 15) is 14.4 Å². The first-order valence-electron chi connectivity index (χ1n) is 6.01. The molecule has 1 saturated heterocycles. The lowest BCUT2D eigenvalue weighted by Crippen LogP contribution is -2.59. The molecule has 0 aromatic carbocycles. The molecule has 7 heteroatoms. The van der Waals surface area contributed by atoms with Crippen LogP contribution in [0.4, 0.5) is 0 Å². The SMILES string of the molecule is Cc1ccc(C(=O)N2CCNCC2C(N)=O)c(=O)[nH]1. The Labute approximate surface area is 109 Å². The van der Waals surface area contributed by atoms with E-state index >= 15 is 0 Å². The third-order valence-corrected chi connectivity index (χ3v) is 3.12. The fourth-order valence-corrected chi connectivity index (χ4v) is 2.10. The summed E-state index contributed by atoms with van der Waals surface area (Å²) in [5.74, 6) is -1.05. The van der Waals surface area contributed by atoms with Crippen molar-refractivity contribution in [2.45, 2.75) is 13.0 Å². The van der Waals surface area contributed by atoms with Crippen molar-refractivity contribution in [1.82, 2.24) is 15.2 Å². The summed E-state index contributed by atoms with van der Waals surface area (Å²) in [7, 11) is 0. The highest BCUT2D eigenvalue weighted by molar-refractivity contribution is 5.97. The predicted molar refractivity (Wildman–Crippen MR) is 68.7 cm³/mol. The van der Waals surface area contributed by atoms with Gasteiger partial charge in [0.1, 0.15) is 11.6 Å². The van der Waals surface area contributed by atoms with Gasteiger partial charge in [0.25, 0.3) is 11.5 Å². The molecule has 0 spiro atoms. The highest BCUT2D eigenvalue weighted by atomic mass is 16.2. The minimum absolute atomic E-state index is 0.0266. The van der Waals surface area contributed by atoms with Crippen molar-refractivity contribution in [3.8, 4) is 0 Å². The maximum absolute atomic E-state index is 12.3. The molecule has 1 fully saturated rings. The summed E-state index contributed by atoms with van der Waals surface area (Å²) in [4.78, 5) is 39.3. The van der Waals surface area contributed by atoms with Gasteiger partial charge in [-0.2, -0.15) is 0 Å². The Balaban J connectivity index is 2.31. The number of aromatic amines is 1. The van der Waals surface area contributed by atoms with Gasteiger partial charge < -0.3 is 20.9 Å². The van der Waals surface area contributed by atoms with E-state index in [4.69, 9.17) is 5.73 Å². The van der Waals surface area contributed by atoms with Crippen LogP contribution in [-0.4, -0.2) is 47.4 Å². The summed E-state index contributed by atoms with van der Waals surface area (Å²) < 4.78 is 0. The lowest BCUT2D eigenvalue weighted by molar-refractivity contribution is -0.122. The van der Waals surface area contributed by atoms with E-state index in [1.165, 1.54) is 11.0 Å². The molecule has 7 nitrogen and oxygen atoms in total. The van der Waals surface area contributed by atoms with Gasteiger partial charge in [-0.05, 0) is 19.1 Å². The normalized spacial score (nSPS) is 19.2. The van der Waals surface area contributed by atoms with Crippen molar-refractivity contribution >= 4 is 11.8 Å². The number of aromatic nitrogens is 1. The molecular weight excluding hydrogens is 248 g/mol. The Hall–Kier alpha value is -2.15. The summed E-state index contributed by atoms with van der Waals surface area (Å²) in [6, 6.07) is 2.40. The van der Waals surface area contributed by atoms with Crippen molar-refractivity contribution in [3.05, 3.63) is 33.7 Å². The molecule has 102 valence electrons. The zero-order valence-electron chi connectivity index (χ0n) is 10.6. The largest absolute Gasteiger partial charge is 0.368 e. The number of H-pyrrole nitrogens is 1. The topological polar surface area (TPSA) is 108 Å². The second kappa shape index (κ2) is 5.23. The fraction of sp³-hybridized carbons (Fsp3) is 0.417. The molecule has 2 heterocycles. The van der Waals surface area contributed by atoms with Gasteiger partial charge in [0, 0.05) is 25.3 Å². The second-order valence-electron chi connectivity index (χ2n) is 4.50. The molecule has 19 heavy (non-hydrogen) atoms. The zero-order chi connectivity index (χ0) is 14.0. The number of hydrogen-bond donors (Lipinski definition) is 3. The van der Waals surface area contributed by atoms with E-state index in [1.807, 2.05) is 0 Å². The minimum atomic E-state index is -0.720. The monoisotopic (exact) mass is 264 g/mol. The molecule has 4 N–H and O–H groups in total. The number of hydrogen-bond acceptors (Lipinski definition) is 4. The van der Waals surface area contributed by atoms with Gasteiger partial charge in [-0.3, -0.25) is 14.4 Å². The molecule has 1 aromatic heterocycles. The number of pyridine rings is 1. The Morgan fingerprint density at radius 1 is 1.42 bits per heavy atom. The molecular formula is C12H16N4O3. The Kier molecular flexibility index (Phi) is 3.66. The van der Waals surface area contributed by atoms with Crippen LogP contribution in [0, 0.1) is 6.92 Å². The lowest BCUT2D eigenvalue weighted by atomic mass is 10.1. The van der Waals surface area contributed by atoms with Crippen LogP contribution in [0.15, 0.2) is 16.9 Å². The van der Waals surface area contributed by atoms with Crippen molar-refractivity contribution in [3.63, 3.8) is 0 Å². The van der Waals surface area contributed by atoms with Crippen LogP contribution in [0.2, 0.25) is 0 Å². The molecule has 0 aliphatic carbocycles. The van der Waals surface area contributed by atoms with Crippen molar-refractivity contribution in [2.75, 3.05) is 19.6 Å². The van der Waals surface area contributed by atoms with Crippen LogP contribution in [0.1, 0.15) is 16.1 Å². The summed E-state index contributed by atoms with van der Waals surface area (Å²) in [5, 5.41) is 3.00. The number of amides is 2. The Bertz CT molecular complexity index is 566. The number of piperazine rings is 1. The van der Waals surface area contributed by atoms with Gasteiger partial charge in [0.15, 0.2) is 0 Å². The van der Waals surface area contributed by atoms with Gasteiger partial charge in [-0.15, -0.1) is 0 Å². The van der Waals surface area contributed by atoms with Crippen LogP contribution in [0.3, 0.4) is 0 Å². The van der Waals surface area contributed by atoms with E-state index < -0.39 is 23.4 Å². The van der Waals surface area contributed by atoms with Crippen molar-refractivity contribution in [2.24, 2.45) is 5.73 Å². The molecule has 0 radical (unpaired) electrons. The third-order valence-electron chi connectivity index (χ3n) is 3.12. The van der Waals surface area contributed by atoms with E-state index in [0.717, 1.165) is 0 Å². The Morgan fingerprint density at radius 3 is 2.79 bits per heavy atom. The second-order valence-corrected chi connectivity index (χ2v) is 4.50. The van der Waals surface area contributed by atoms with E-state index in [1.54, 1.807) is 13.0 Å². The maximum Gasteiger partial charge on any atom is 0.260 e. The van der Waals surface area contributed by atoms with Gasteiger partial charge in [-0.1, -0.05) is 0 Å². The molecule has 1 atom stereocenters. The van der Waals surface area contributed by atoms with Crippen LogP contribution in [0.5, 0.6) is 0 Å². The first-order chi connectivity index (χ1) is 9.00. The maximum atomic E-state index is 12.3. The average Bonchev–Trinajstić information content (AvgIpc) is 2.38. The number of aryl methyl sites for hydroxylation is 1. The van der Waals surface area contributed by atoms with Crippen LogP contribution < -0.4 is 16.6 Å². The third kappa shape index (κ3) is 2.65. The Morgan fingerprint density at radius 2 is 2.16 bits per heavy atom. The molecule has 1 aliphatic heterocycles. The molecule has 1 unspecified atom stereocenters. The highest BCUT2D eigenvalue weighted by Gasteiger charge is 2.32. The molecule has 1 aliphatic rings. The number of nitrogens with two attached hydrogens (primary N) is 1. The summed E-state index contributed by atoms with van der Waals surface area (Å²) in [5.41, 5.74) is 5.53. The highest BCUT2D eigenvalue weighted by Crippen LogP contribution is 2.08. The number of primary amides is 1. The first kappa shape index (κ1) is 13.3. The van der Waals surface area contributed by atoms with Gasteiger partial charge in [0.2, 0.25) is 5.91 Å². The summed E-state index contributed by atoms with van der Waals surface area (Å²) in [6.45, 7) is 2.95. The van der Waals surface area contributed by atoms with E-state index in [-0.39, 0.29) is 5.56 Å². The molecule has 2 rings (SSSR count). The summed E-state index contributed by atoms with van der Waals surface area (Å²) >= 11 is 0. The van der Waals surface area contributed by atoms with E-state index in [2.05, 4.69) is 10.3 Å². The number of carbonyl (C=O) groups excluding carboxylic acids is 2. The number of nitrogens with one attached hydrogen (secondary N) is 2. The van der Waals surface area contributed by atoms with E-state index in [0.29, 0.717) is 25.3 Å². The number of rotatable bonds is 2. The summed E-state index contributed by atoms with van der Waals surface area (Å²) in [6.07, 6.45) is 0. The first-order valence-corrected chi connectivity index (χ1v) is 6.01. The van der Waals surface area contributed by atoms with Crippen LogP contribution >= 0.6 is 0 Å². The standard InChI is InChI=1S/C12H16N4O3/c1-7-2-3-8(11(18)15-7)12(19)16-5-4-14-6-9(16)10(13)17/h2-3,9,14H,4-6H2,1H3,(H2,13,17)(H,15,18). The molecule has 2 amide bonds. The fourth-order valence-electron chi connectivity index (χ4n) is 2.10. The quantitative estimate of drug-likeness (QED) is 0.609. The van der Waals surface area contributed by atoms with Crippen LogP contribution in [0.25, 0.3) is 0 Å². The minimum Gasteiger partial charge on any atom is -0.368 e. The van der Waals surface area contributed by atoms with Crippen molar-refractivity contribution in [1.29, 1.82) is 0 Å². The predicted octanol–water partition coefficient (Wildman–Crippen LogP) is -1.42. The van der Waals surface area contributed by atoms with Gasteiger partial charge >= 0.3 is 0 Å². The average molecular weight is 264 g/mol. The van der Waals surface area contributed by atoms with Crippen LogP contribution in [-0.2, 0) is 4.79 Å². The number of carbonyl (C=O) groups is 2. The smallest absolute Gasteiger partial charge is 0.260 e. The number of nitrogens with zero attached hydrogens (tertiary/aromatic N) is 1. The zero-order valence-corrected chi connectivity index (χ0v) is 10.6. The van der Waals surface area contributed by atoms with Gasteiger partial charge in [-0.25, -0.2) is 0 Å².